The van der Waals surface area contributed by atoms with Crippen molar-refractivity contribution in [1.29, 1.82) is 0 Å². The Bertz CT molecular complexity index is 578. The maximum atomic E-state index is 12.1. The second-order valence-electron chi connectivity index (χ2n) is 5.20. The van der Waals surface area contributed by atoms with Crippen LogP contribution in [0.3, 0.4) is 0 Å². The molecule has 21 heavy (non-hydrogen) atoms. The Kier molecular flexibility index (Phi) is 4.99. The number of likely N-dealkylation sites (N-methyl/N-ethyl adjacent to an activating group) is 1. The van der Waals surface area contributed by atoms with Gasteiger partial charge in [-0.15, -0.1) is 0 Å². The van der Waals surface area contributed by atoms with Crippen LogP contribution in [0, 0.1) is 6.92 Å². The maximum Gasteiger partial charge on any atom is 0.314 e. The zero-order valence-electron chi connectivity index (χ0n) is 12.7. The van der Waals surface area contributed by atoms with Crippen LogP contribution in [0.25, 0.3) is 0 Å². The Morgan fingerprint density at radius 1 is 1.10 bits per heavy atom. The van der Waals surface area contributed by atoms with Crippen molar-refractivity contribution in [2.24, 2.45) is 0 Å². The molecule has 2 aromatic carbocycles. The average molecular weight is 283 g/mol. The van der Waals surface area contributed by atoms with Gasteiger partial charge in [0.1, 0.15) is 0 Å². The lowest BCUT2D eigenvalue weighted by Crippen LogP contribution is -2.29. The lowest BCUT2D eigenvalue weighted by Gasteiger charge is -2.24. The normalized spacial score (nSPS) is 11.8. The van der Waals surface area contributed by atoms with E-state index in [-0.39, 0.29) is 11.9 Å². The van der Waals surface area contributed by atoms with Crippen molar-refractivity contribution in [3.8, 4) is 0 Å². The molecule has 0 fully saturated rings. The Morgan fingerprint density at radius 3 is 2.29 bits per heavy atom. The van der Waals surface area contributed by atoms with E-state index in [1.54, 1.807) is 0 Å². The SMILES string of the molecule is COC(=O)C(CN(C)c1ccc(C)cc1)c1ccccc1. The van der Waals surface area contributed by atoms with E-state index in [0.717, 1.165) is 11.3 Å². The summed E-state index contributed by atoms with van der Waals surface area (Å²) in [7, 11) is 3.42. The monoisotopic (exact) mass is 283 g/mol. The van der Waals surface area contributed by atoms with Crippen LogP contribution in [-0.4, -0.2) is 26.7 Å². The Hall–Kier alpha value is -2.29. The largest absolute Gasteiger partial charge is 0.468 e. The van der Waals surface area contributed by atoms with Crippen molar-refractivity contribution in [3.63, 3.8) is 0 Å². The number of esters is 1. The number of ether oxygens (including phenoxy) is 1. The molecule has 3 heteroatoms. The van der Waals surface area contributed by atoms with Crippen LogP contribution in [-0.2, 0) is 9.53 Å². The number of carbonyl (C=O) groups is 1. The molecule has 0 N–H and O–H groups in total. The van der Waals surface area contributed by atoms with Crippen LogP contribution in [0.4, 0.5) is 5.69 Å². The van der Waals surface area contributed by atoms with Gasteiger partial charge in [0.05, 0.1) is 13.0 Å². The van der Waals surface area contributed by atoms with Gasteiger partial charge in [-0.05, 0) is 24.6 Å². The van der Waals surface area contributed by atoms with E-state index >= 15 is 0 Å². The van der Waals surface area contributed by atoms with Gasteiger partial charge in [0.2, 0.25) is 0 Å². The van der Waals surface area contributed by atoms with Crippen LogP contribution < -0.4 is 4.90 Å². The zero-order valence-corrected chi connectivity index (χ0v) is 12.7. The smallest absolute Gasteiger partial charge is 0.314 e. The average Bonchev–Trinajstić information content (AvgIpc) is 2.53. The number of rotatable bonds is 5. The molecule has 0 spiro atoms. The van der Waals surface area contributed by atoms with Crippen LogP contribution in [0.2, 0.25) is 0 Å². The number of aryl methyl sites for hydroxylation is 1. The summed E-state index contributed by atoms with van der Waals surface area (Å²) in [6, 6.07) is 18.0. The van der Waals surface area contributed by atoms with E-state index in [1.807, 2.05) is 37.4 Å². The molecule has 0 aliphatic heterocycles. The van der Waals surface area contributed by atoms with Gasteiger partial charge in [0.15, 0.2) is 0 Å². The molecule has 110 valence electrons. The van der Waals surface area contributed by atoms with Gasteiger partial charge < -0.3 is 9.64 Å². The van der Waals surface area contributed by atoms with E-state index in [0.29, 0.717) is 6.54 Å². The predicted octanol–water partition coefficient (Wildman–Crippen LogP) is 3.39. The number of benzene rings is 2. The highest BCUT2D eigenvalue weighted by Gasteiger charge is 2.23. The maximum absolute atomic E-state index is 12.1. The number of hydrogen-bond acceptors (Lipinski definition) is 3. The van der Waals surface area contributed by atoms with Crippen molar-refractivity contribution in [1.82, 2.24) is 0 Å². The number of hydrogen-bond donors (Lipinski definition) is 0. The van der Waals surface area contributed by atoms with Crippen LogP contribution in [0.5, 0.6) is 0 Å². The fraction of sp³-hybridized carbons (Fsp3) is 0.278. The minimum absolute atomic E-state index is 0.208. The molecule has 0 aliphatic rings. The van der Waals surface area contributed by atoms with Crippen LogP contribution in [0.1, 0.15) is 17.0 Å². The molecule has 1 atom stereocenters. The Morgan fingerprint density at radius 2 is 1.71 bits per heavy atom. The molecule has 0 saturated carbocycles. The summed E-state index contributed by atoms with van der Waals surface area (Å²) >= 11 is 0. The number of methoxy groups -OCH3 is 1. The second kappa shape index (κ2) is 6.93. The first-order valence-electron chi connectivity index (χ1n) is 7.02. The van der Waals surface area contributed by atoms with Crippen molar-refractivity contribution in [2.75, 3.05) is 25.6 Å². The summed E-state index contributed by atoms with van der Waals surface area (Å²) in [6.07, 6.45) is 0. The molecule has 2 rings (SSSR count). The van der Waals surface area contributed by atoms with E-state index < -0.39 is 0 Å². The highest BCUT2D eigenvalue weighted by atomic mass is 16.5. The number of anilines is 1. The lowest BCUT2D eigenvalue weighted by atomic mass is 9.98. The van der Waals surface area contributed by atoms with Crippen molar-refractivity contribution in [3.05, 3.63) is 65.7 Å². The predicted molar refractivity (Wildman–Crippen MR) is 85.6 cm³/mol. The number of nitrogens with zero attached hydrogens (tertiary/aromatic N) is 1. The lowest BCUT2D eigenvalue weighted by molar-refractivity contribution is -0.142. The van der Waals surface area contributed by atoms with Crippen LogP contribution in [0.15, 0.2) is 54.6 Å². The molecular weight excluding hydrogens is 262 g/mol. The van der Waals surface area contributed by atoms with E-state index in [2.05, 4.69) is 36.1 Å². The minimum atomic E-state index is -0.289. The minimum Gasteiger partial charge on any atom is -0.468 e. The van der Waals surface area contributed by atoms with Gasteiger partial charge >= 0.3 is 5.97 Å². The molecule has 1 unspecified atom stereocenters. The first kappa shape index (κ1) is 15.1. The van der Waals surface area contributed by atoms with Gasteiger partial charge in [0, 0.05) is 19.3 Å². The van der Waals surface area contributed by atoms with Gasteiger partial charge in [-0.25, -0.2) is 0 Å². The summed E-state index contributed by atoms with van der Waals surface area (Å²) in [5.74, 6) is -0.498. The molecule has 0 aromatic heterocycles. The molecule has 2 aromatic rings. The molecule has 0 heterocycles. The summed E-state index contributed by atoms with van der Waals surface area (Å²) in [4.78, 5) is 14.2. The number of carbonyl (C=O) groups excluding carboxylic acids is 1. The first-order valence-corrected chi connectivity index (χ1v) is 7.02. The second-order valence-corrected chi connectivity index (χ2v) is 5.20. The highest BCUT2D eigenvalue weighted by Crippen LogP contribution is 2.22. The van der Waals surface area contributed by atoms with Crippen molar-refractivity contribution < 1.29 is 9.53 Å². The van der Waals surface area contributed by atoms with Gasteiger partial charge in [-0.3, -0.25) is 4.79 Å². The quantitative estimate of drug-likeness (QED) is 0.788. The summed E-state index contributed by atoms with van der Waals surface area (Å²) in [5.41, 5.74) is 3.29. The standard InChI is InChI=1S/C18H21NO2/c1-14-9-11-16(12-10-14)19(2)13-17(18(20)21-3)15-7-5-4-6-8-15/h4-12,17H,13H2,1-3H3. The molecule has 0 saturated heterocycles. The molecule has 3 nitrogen and oxygen atoms in total. The van der Waals surface area contributed by atoms with E-state index in [1.165, 1.54) is 12.7 Å². The first-order chi connectivity index (χ1) is 10.1. The fourth-order valence-electron chi connectivity index (χ4n) is 2.32. The topological polar surface area (TPSA) is 29.5 Å². The van der Waals surface area contributed by atoms with Gasteiger partial charge in [0.25, 0.3) is 0 Å². The molecule has 0 aliphatic carbocycles. The van der Waals surface area contributed by atoms with E-state index in [4.69, 9.17) is 4.74 Å². The molecular formula is C18H21NO2. The zero-order chi connectivity index (χ0) is 15.2. The Labute approximate surface area is 126 Å². The summed E-state index contributed by atoms with van der Waals surface area (Å²) < 4.78 is 4.96. The summed E-state index contributed by atoms with van der Waals surface area (Å²) in [5, 5.41) is 0. The molecule has 0 radical (unpaired) electrons. The van der Waals surface area contributed by atoms with Gasteiger partial charge in [-0.2, -0.15) is 0 Å². The van der Waals surface area contributed by atoms with Crippen LogP contribution >= 0.6 is 0 Å². The van der Waals surface area contributed by atoms with Crippen molar-refractivity contribution in [2.45, 2.75) is 12.8 Å². The fourth-order valence-corrected chi connectivity index (χ4v) is 2.32. The van der Waals surface area contributed by atoms with E-state index in [9.17, 15) is 4.79 Å². The third-order valence-electron chi connectivity index (χ3n) is 3.62. The summed E-state index contributed by atoms with van der Waals surface area (Å²) in [6.45, 7) is 2.64. The van der Waals surface area contributed by atoms with Crippen molar-refractivity contribution >= 4 is 11.7 Å². The van der Waals surface area contributed by atoms with Gasteiger partial charge in [-0.1, -0.05) is 48.0 Å². The Balaban J connectivity index is 2.19. The molecule has 0 amide bonds. The highest BCUT2D eigenvalue weighted by molar-refractivity contribution is 5.79. The molecule has 0 bridgehead atoms. The third kappa shape index (κ3) is 3.85. The third-order valence-corrected chi connectivity index (χ3v) is 3.62.